The fourth-order valence-corrected chi connectivity index (χ4v) is 10.5. The Morgan fingerprint density at radius 3 is 1.02 bits per heavy atom. The summed E-state index contributed by atoms with van der Waals surface area (Å²) in [5, 5.41) is 10.1. The zero-order valence-electron chi connectivity index (χ0n) is 65.2. The second kappa shape index (κ2) is 54.8. The van der Waals surface area contributed by atoms with Gasteiger partial charge in [-0.15, -0.1) is 0 Å². The first-order valence-electron chi connectivity index (χ1n) is 35.3. The Morgan fingerprint density at radius 2 is 0.722 bits per heavy atom. The number of benzene rings is 3. The fraction of sp³-hybridized carbons (Fsp3) is 0.654. The molecule has 0 aliphatic carbocycles. The summed E-state index contributed by atoms with van der Waals surface area (Å²) in [6.45, 7) is 36.0. The first kappa shape index (κ1) is 94.1. The Morgan fingerprint density at radius 1 is 0.412 bits per heavy atom. The van der Waals surface area contributed by atoms with Gasteiger partial charge in [0, 0.05) is 153 Å². The van der Waals surface area contributed by atoms with E-state index >= 15 is 0 Å². The van der Waals surface area contributed by atoms with E-state index in [-0.39, 0.29) is 73.9 Å². The normalized spacial score (nSPS) is 13.3. The van der Waals surface area contributed by atoms with Crippen molar-refractivity contribution < 1.29 is 90.1 Å². The van der Waals surface area contributed by atoms with Crippen LogP contribution in [0.4, 0.5) is 0 Å². The van der Waals surface area contributed by atoms with E-state index in [2.05, 4.69) is 145 Å². The first-order valence-corrected chi connectivity index (χ1v) is 35.3. The maximum atomic E-state index is 12.4. The number of aromatic hydroxyl groups is 1. The van der Waals surface area contributed by atoms with Crippen molar-refractivity contribution in [2.24, 2.45) is 71.0 Å². The summed E-state index contributed by atoms with van der Waals surface area (Å²) in [6, 6.07) is 18.0. The molecular formula is C81H136N3O12Y-. The summed E-state index contributed by atoms with van der Waals surface area (Å²) in [5.74, 6) is 8.78. The van der Waals surface area contributed by atoms with Crippen LogP contribution < -0.4 is 23.7 Å². The topological polar surface area (TPSA) is 155 Å². The van der Waals surface area contributed by atoms with Crippen molar-refractivity contribution in [3.05, 3.63) is 115 Å². The number of rotatable bonds is 42. The Balaban J connectivity index is 0. The number of ether oxygens (including phenoxy) is 8. The van der Waals surface area contributed by atoms with Gasteiger partial charge in [0.2, 0.25) is 17.7 Å². The third-order valence-electron chi connectivity index (χ3n) is 17.4. The molecule has 0 aliphatic rings. The van der Waals surface area contributed by atoms with E-state index in [0.29, 0.717) is 98.7 Å². The number of phenolic OH excluding ortho intramolecular Hbond substituents is 1. The van der Waals surface area contributed by atoms with Gasteiger partial charge < -0.3 is 64.6 Å². The van der Waals surface area contributed by atoms with Crippen molar-refractivity contribution in [3.63, 3.8) is 0 Å². The molecule has 0 aliphatic heterocycles. The van der Waals surface area contributed by atoms with Crippen molar-refractivity contribution in [1.82, 2.24) is 14.7 Å². The van der Waals surface area contributed by atoms with Gasteiger partial charge in [-0.25, -0.2) is 0 Å². The summed E-state index contributed by atoms with van der Waals surface area (Å²) >= 11 is 0. The Hall–Kier alpha value is -4.93. The van der Waals surface area contributed by atoms with Crippen molar-refractivity contribution in [2.45, 2.75) is 161 Å². The van der Waals surface area contributed by atoms with Crippen LogP contribution in [0.15, 0.2) is 91.1 Å². The van der Waals surface area contributed by atoms with E-state index in [1.54, 1.807) is 56.3 Å². The zero-order chi connectivity index (χ0) is 72.9. The molecule has 0 unspecified atom stereocenters. The molecule has 97 heavy (non-hydrogen) atoms. The van der Waals surface area contributed by atoms with Gasteiger partial charge in [-0.3, -0.25) is 14.4 Å². The number of carbonyl (C=O) groups is 3. The van der Waals surface area contributed by atoms with Crippen LogP contribution in [0.3, 0.4) is 0 Å². The molecule has 0 saturated carbocycles. The molecule has 3 aromatic rings. The van der Waals surface area contributed by atoms with Gasteiger partial charge in [0.25, 0.3) is 0 Å². The molecule has 1 N–H and O–H groups in total. The Bertz CT molecular complexity index is 2630. The molecular weight excluding hydrogens is 1300 g/mol. The molecule has 15 nitrogen and oxygen atoms in total. The molecule has 6 atom stereocenters. The molecule has 3 amide bonds. The minimum atomic E-state index is 0. The van der Waals surface area contributed by atoms with Gasteiger partial charge in [0.1, 0.15) is 0 Å². The standard InChI is InChI=1S/C27H45NO4.C26H43NO4.C17H27O3.C11H21NO.Y/c1-20(2)23(12-9-10-13-24(21(3)4)27(29)28(5)6)18-22-14-15-25(31-8)26(19-22)32-17-11-16-30-7;1-19(2)22(11-8-9-12-23(20(3)4)26(29)27(5)6)17-21-13-14-24(28)25(18-21)31-16-10-15-30-7;1-13(2)14(3)11-15-7-8-16(19-5)17(12-15)20-10-6-9-18-4;1-6-7-8-10(9(2)3)11(13)12(4)5;/h9-10,14-15,19-21,23-24H,11-13,16-18H2,1-8H3;8-9,13-14,18-20,22-23,28H,10-12,15-17H2,1-7H3;7-8,12-14H,3,6,9-11H2,1-2,4-5H3;6-7,9-10H,8H2,1-5H3;/q;;-1;;/b10-9+;9-8+;;7-6+;/t23-,24+;22-,23+;14-;10-;/m1110./s1. The number of carbonyl (C=O) groups excluding carboxylic acids is 3. The van der Waals surface area contributed by atoms with E-state index in [9.17, 15) is 19.5 Å². The minimum absolute atomic E-state index is 0. The minimum Gasteiger partial charge on any atom is -0.504 e. The molecule has 0 heterocycles. The maximum absolute atomic E-state index is 12.4. The quantitative estimate of drug-likeness (QED) is 0.0326. The van der Waals surface area contributed by atoms with Crippen LogP contribution >= 0.6 is 0 Å². The number of hydrogen-bond acceptors (Lipinski definition) is 12. The van der Waals surface area contributed by atoms with E-state index in [0.717, 1.165) is 99.2 Å². The molecule has 0 aromatic heterocycles. The monoisotopic (exact) mass is 1430 g/mol. The number of amides is 3. The van der Waals surface area contributed by atoms with Gasteiger partial charge in [0.15, 0.2) is 34.5 Å². The second-order valence-corrected chi connectivity index (χ2v) is 27.9. The number of allylic oxidation sites excluding steroid dienone is 6. The summed E-state index contributed by atoms with van der Waals surface area (Å²) in [6.07, 6.45) is 22.6. The Kier molecular flexibility index (Phi) is 53.2. The largest absolute Gasteiger partial charge is 0.504 e. The molecule has 1 radical (unpaired) electrons. The van der Waals surface area contributed by atoms with Gasteiger partial charge in [-0.2, -0.15) is 5.92 Å². The third-order valence-corrected chi connectivity index (χ3v) is 17.4. The molecule has 0 bridgehead atoms. The summed E-state index contributed by atoms with van der Waals surface area (Å²) in [5.41, 5.74) is 3.65. The van der Waals surface area contributed by atoms with Crippen LogP contribution in [0.5, 0.6) is 34.5 Å². The van der Waals surface area contributed by atoms with E-state index < -0.39 is 0 Å². The second-order valence-electron chi connectivity index (χ2n) is 27.9. The van der Waals surface area contributed by atoms with E-state index in [4.69, 9.17) is 37.9 Å². The van der Waals surface area contributed by atoms with Crippen LogP contribution in [0.1, 0.15) is 158 Å². The SMILES string of the molecule is C/C=C/C[C@H](C(=O)N(C)C)C(C)C.COCCCOc1cc(C[C@@H](C/C=C/C[C@H](C(=O)N(C)C)C(C)C)C(C)C)ccc1O.COCCCOc1cc(C[C@@H](C/C=C/C[C@H](C(=O)N(C)C)C(C)C)C(C)C)ccc1OC.[CH2-][C@H](Cc1ccc(OC)c(OCCCOC)c1)C(C)C.[Y]. The van der Waals surface area contributed by atoms with Gasteiger partial charge in [-0.05, 0) is 146 Å². The van der Waals surface area contributed by atoms with E-state index in [1.807, 2.05) is 79.6 Å². The smallest absolute Gasteiger partial charge is 0.225 e. The molecule has 551 valence electrons. The van der Waals surface area contributed by atoms with Crippen molar-refractivity contribution >= 4 is 17.7 Å². The zero-order valence-corrected chi connectivity index (χ0v) is 68.0. The van der Waals surface area contributed by atoms with E-state index in [1.165, 1.54) is 11.1 Å². The molecule has 16 heteroatoms. The first-order chi connectivity index (χ1) is 45.5. The van der Waals surface area contributed by atoms with Crippen LogP contribution in [0.25, 0.3) is 0 Å². The summed E-state index contributed by atoms with van der Waals surface area (Å²) in [4.78, 5) is 41.6. The van der Waals surface area contributed by atoms with Crippen LogP contribution in [-0.4, -0.2) is 155 Å². The van der Waals surface area contributed by atoms with Crippen molar-refractivity contribution in [3.8, 4) is 34.5 Å². The van der Waals surface area contributed by atoms with Gasteiger partial charge in [0.05, 0.1) is 34.0 Å². The molecule has 3 aromatic carbocycles. The van der Waals surface area contributed by atoms with Gasteiger partial charge >= 0.3 is 0 Å². The maximum Gasteiger partial charge on any atom is 0.225 e. The number of hydrogen-bond donors (Lipinski definition) is 1. The average Bonchev–Trinajstić information content (AvgIpc) is 0.938. The van der Waals surface area contributed by atoms with Crippen LogP contribution in [0.2, 0.25) is 0 Å². The van der Waals surface area contributed by atoms with Crippen molar-refractivity contribution in [1.29, 1.82) is 0 Å². The summed E-state index contributed by atoms with van der Waals surface area (Å²) in [7, 11) is 19.3. The Labute approximate surface area is 616 Å². The predicted molar refractivity (Wildman–Crippen MR) is 399 cm³/mol. The number of nitrogens with zero attached hydrogens (tertiary/aromatic N) is 3. The fourth-order valence-electron chi connectivity index (χ4n) is 10.5. The number of methoxy groups -OCH3 is 5. The predicted octanol–water partition coefficient (Wildman–Crippen LogP) is 17.0. The number of phenols is 1. The molecule has 0 saturated heterocycles. The van der Waals surface area contributed by atoms with Crippen molar-refractivity contribution in [2.75, 3.05) is 117 Å². The summed E-state index contributed by atoms with van der Waals surface area (Å²) < 4.78 is 43.4. The average molecular weight is 1430 g/mol. The van der Waals surface area contributed by atoms with Crippen LogP contribution in [0, 0.1) is 77.9 Å². The molecule has 0 spiro atoms. The molecule has 0 fully saturated rings. The van der Waals surface area contributed by atoms with Crippen LogP contribution in [-0.2, 0) is 80.6 Å². The molecule has 3 rings (SSSR count). The third kappa shape index (κ3) is 40.2. The van der Waals surface area contributed by atoms with Gasteiger partial charge in [-0.1, -0.05) is 150 Å².